The standard InChI is InChI=1S/C13H17ClN2O2S/c14-11-4-3-9(6-12(11)15)16-13(17)2-1-5-19-10-7-18-8-10/h3-4,6,10H,1-2,5,7-8,15H2,(H,16,17). The van der Waals surface area contributed by atoms with Crippen molar-refractivity contribution in [1.29, 1.82) is 0 Å². The van der Waals surface area contributed by atoms with Crippen LogP contribution in [0.25, 0.3) is 0 Å². The summed E-state index contributed by atoms with van der Waals surface area (Å²) in [5.74, 6) is 0.997. The van der Waals surface area contributed by atoms with Gasteiger partial charge in [-0.3, -0.25) is 4.79 Å². The van der Waals surface area contributed by atoms with E-state index in [-0.39, 0.29) is 5.91 Å². The first-order valence-corrected chi connectivity index (χ1v) is 7.62. The summed E-state index contributed by atoms with van der Waals surface area (Å²) in [7, 11) is 0. The van der Waals surface area contributed by atoms with Gasteiger partial charge in [-0.25, -0.2) is 0 Å². The molecular weight excluding hydrogens is 284 g/mol. The van der Waals surface area contributed by atoms with E-state index in [0.717, 1.165) is 25.4 Å². The number of hydrogen-bond acceptors (Lipinski definition) is 4. The number of carbonyl (C=O) groups is 1. The number of anilines is 2. The van der Waals surface area contributed by atoms with Crippen LogP contribution in [0.3, 0.4) is 0 Å². The summed E-state index contributed by atoms with van der Waals surface area (Å²) in [6.45, 7) is 1.70. The van der Waals surface area contributed by atoms with E-state index in [9.17, 15) is 4.79 Å². The molecule has 0 aliphatic carbocycles. The molecule has 0 aromatic heterocycles. The maximum absolute atomic E-state index is 11.7. The largest absolute Gasteiger partial charge is 0.397 e. The van der Waals surface area contributed by atoms with Gasteiger partial charge in [0.25, 0.3) is 0 Å². The zero-order chi connectivity index (χ0) is 13.7. The fourth-order valence-corrected chi connectivity index (χ4v) is 2.78. The Kier molecular flexibility index (Phi) is 5.36. The van der Waals surface area contributed by atoms with Gasteiger partial charge in [-0.05, 0) is 30.4 Å². The molecule has 1 aliphatic rings. The van der Waals surface area contributed by atoms with Crippen LogP contribution in [-0.2, 0) is 9.53 Å². The third-order valence-electron chi connectivity index (χ3n) is 2.79. The number of nitrogens with one attached hydrogen (secondary N) is 1. The maximum Gasteiger partial charge on any atom is 0.224 e. The zero-order valence-electron chi connectivity index (χ0n) is 10.5. The van der Waals surface area contributed by atoms with Crippen LogP contribution in [-0.4, -0.2) is 30.1 Å². The second-order valence-electron chi connectivity index (χ2n) is 4.42. The van der Waals surface area contributed by atoms with E-state index in [2.05, 4.69) is 5.32 Å². The SMILES string of the molecule is Nc1cc(NC(=O)CCCSC2COC2)ccc1Cl. The molecule has 1 aromatic carbocycles. The third-order valence-corrected chi connectivity index (χ3v) is 4.40. The quantitative estimate of drug-likeness (QED) is 0.626. The number of benzene rings is 1. The molecule has 1 heterocycles. The van der Waals surface area contributed by atoms with E-state index < -0.39 is 0 Å². The van der Waals surface area contributed by atoms with Crippen LogP contribution in [0.15, 0.2) is 18.2 Å². The van der Waals surface area contributed by atoms with Gasteiger partial charge in [0.05, 0.1) is 29.2 Å². The molecule has 0 spiro atoms. The van der Waals surface area contributed by atoms with Gasteiger partial charge < -0.3 is 15.8 Å². The van der Waals surface area contributed by atoms with E-state index in [0.29, 0.717) is 28.1 Å². The van der Waals surface area contributed by atoms with E-state index in [1.165, 1.54) is 0 Å². The maximum atomic E-state index is 11.7. The fraction of sp³-hybridized carbons (Fsp3) is 0.462. The molecule has 0 radical (unpaired) electrons. The molecular formula is C13H17ClN2O2S. The van der Waals surface area contributed by atoms with Crippen molar-refractivity contribution in [3.8, 4) is 0 Å². The van der Waals surface area contributed by atoms with E-state index >= 15 is 0 Å². The Morgan fingerprint density at radius 3 is 2.95 bits per heavy atom. The highest BCUT2D eigenvalue weighted by Crippen LogP contribution is 2.23. The van der Waals surface area contributed by atoms with Gasteiger partial charge in [-0.2, -0.15) is 11.8 Å². The summed E-state index contributed by atoms with van der Waals surface area (Å²) in [5, 5.41) is 3.94. The molecule has 1 aromatic rings. The second-order valence-corrected chi connectivity index (χ2v) is 6.23. The van der Waals surface area contributed by atoms with Gasteiger partial charge in [0, 0.05) is 12.1 Å². The highest BCUT2D eigenvalue weighted by atomic mass is 35.5. The molecule has 0 unspecified atom stereocenters. The Labute approximate surface area is 122 Å². The van der Waals surface area contributed by atoms with Crippen LogP contribution in [0.1, 0.15) is 12.8 Å². The molecule has 1 aliphatic heterocycles. The second kappa shape index (κ2) is 7.03. The summed E-state index contributed by atoms with van der Waals surface area (Å²) in [6.07, 6.45) is 1.39. The summed E-state index contributed by atoms with van der Waals surface area (Å²) in [6, 6.07) is 5.09. The van der Waals surface area contributed by atoms with Crippen molar-refractivity contribution < 1.29 is 9.53 Å². The van der Waals surface area contributed by atoms with Gasteiger partial charge in [0.2, 0.25) is 5.91 Å². The van der Waals surface area contributed by atoms with Gasteiger partial charge in [0.15, 0.2) is 0 Å². The van der Waals surface area contributed by atoms with Gasteiger partial charge >= 0.3 is 0 Å². The minimum atomic E-state index is 0.00665. The van der Waals surface area contributed by atoms with Gasteiger partial charge in [-0.1, -0.05) is 11.6 Å². The molecule has 0 bridgehead atoms. The topological polar surface area (TPSA) is 64.3 Å². The number of halogens is 1. The molecule has 2 rings (SSSR count). The Bertz CT molecular complexity index is 452. The summed E-state index contributed by atoms with van der Waals surface area (Å²) >= 11 is 7.69. The van der Waals surface area contributed by atoms with E-state index in [4.69, 9.17) is 22.1 Å². The highest BCUT2D eigenvalue weighted by Gasteiger charge is 2.18. The first kappa shape index (κ1) is 14.5. The summed E-state index contributed by atoms with van der Waals surface area (Å²) < 4.78 is 5.09. The van der Waals surface area contributed by atoms with E-state index in [1.54, 1.807) is 18.2 Å². The van der Waals surface area contributed by atoms with Crippen LogP contribution in [0.5, 0.6) is 0 Å². The van der Waals surface area contributed by atoms with Crippen molar-refractivity contribution in [3.63, 3.8) is 0 Å². The number of carbonyl (C=O) groups excluding carboxylic acids is 1. The highest BCUT2D eigenvalue weighted by molar-refractivity contribution is 8.00. The Balaban J connectivity index is 1.66. The van der Waals surface area contributed by atoms with Crippen LogP contribution < -0.4 is 11.1 Å². The first-order valence-electron chi connectivity index (χ1n) is 6.19. The lowest BCUT2D eigenvalue weighted by Crippen LogP contribution is -2.30. The number of nitrogen functional groups attached to an aromatic ring is 1. The van der Waals surface area contributed by atoms with E-state index in [1.807, 2.05) is 11.8 Å². The molecule has 1 saturated heterocycles. The Hall–Kier alpha value is -0.910. The lowest BCUT2D eigenvalue weighted by molar-refractivity contribution is -0.116. The minimum absolute atomic E-state index is 0.00665. The smallest absolute Gasteiger partial charge is 0.224 e. The van der Waals surface area contributed by atoms with Gasteiger partial charge in [0.1, 0.15) is 0 Å². The van der Waals surface area contributed by atoms with Crippen molar-refractivity contribution in [2.75, 3.05) is 30.0 Å². The van der Waals surface area contributed by atoms with Crippen molar-refractivity contribution in [3.05, 3.63) is 23.2 Å². The number of nitrogens with two attached hydrogens (primary N) is 1. The minimum Gasteiger partial charge on any atom is -0.397 e. The predicted molar refractivity (Wildman–Crippen MR) is 80.8 cm³/mol. The fourth-order valence-electron chi connectivity index (χ4n) is 1.64. The molecule has 1 amide bonds. The lowest BCUT2D eigenvalue weighted by atomic mass is 10.2. The van der Waals surface area contributed by atoms with Crippen molar-refractivity contribution in [2.45, 2.75) is 18.1 Å². The number of thioether (sulfide) groups is 1. The summed E-state index contributed by atoms with van der Waals surface area (Å²) in [4.78, 5) is 11.7. The van der Waals surface area contributed by atoms with Crippen molar-refractivity contribution in [1.82, 2.24) is 0 Å². The Morgan fingerprint density at radius 2 is 2.32 bits per heavy atom. The Morgan fingerprint density at radius 1 is 1.53 bits per heavy atom. The zero-order valence-corrected chi connectivity index (χ0v) is 12.1. The third kappa shape index (κ3) is 4.60. The molecule has 6 heteroatoms. The van der Waals surface area contributed by atoms with Crippen molar-refractivity contribution in [2.24, 2.45) is 0 Å². The van der Waals surface area contributed by atoms with Crippen LogP contribution in [0.2, 0.25) is 5.02 Å². The van der Waals surface area contributed by atoms with Gasteiger partial charge in [-0.15, -0.1) is 0 Å². The number of rotatable bonds is 6. The van der Waals surface area contributed by atoms with Crippen LogP contribution in [0.4, 0.5) is 11.4 Å². The summed E-state index contributed by atoms with van der Waals surface area (Å²) in [5.41, 5.74) is 6.83. The molecule has 1 fully saturated rings. The number of ether oxygens (including phenoxy) is 1. The average Bonchev–Trinajstić information content (AvgIpc) is 2.31. The first-order chi connectivity index (χ1) is 9.15. The molecule has 104 valence electrons. The lowest BCUT2D eigenvalue weighted by Gasteiger charge is -2.25. The number of amides is 1. The normalized spacial score (nSPS) is 15.0. The predicted octanol–water partition coefficient (Wildman–Crippen LogP) is 2.77. The van der Waals surface area contributed by atoms with Crippen molar-refractivity contribution >= 4 is 40.6 Å². The van der Waals surface area contributed by atoms with Crippen LogP contribution in [0, 0.1) is 0 Å². The number of hydrogen-bond donors (Lipinski definition) is 2. The molecule has 3 N–H and O–H groups in total. The molecule has 0 saturated carbocycles. The monoisotopic (exact) mass is 300 g/mol. The molecule has 0 atom stereocenters. The average molecular weight is 301 g/mol. The molecule has 19 heavy (non-hydrogen) atoms. The molecule has 4 nitrogen and oxygen atoms in total. The van der Waals surface area contributed by atoms with Crippen LogP contribution >= 0.6 is 23.4 Å².